The van der Waals surface area contributed by atoms with E-state index in [-0.39, 0.29) is 24.3 Å². The third-order valence-electron chi connectivity index (χ3n) is 9.11. The van der Waals surface area contributed by atoms with Gasteiger partial charge >= 0.3 is 0 Å². The van der Waals surface area contributed by atoms with E-state index in [1.54, 1.807) is 33.5 Å². The van der Waals surface area contributed by atoms with Crippen molar-refractivity contribution in [2.45, 2.75) is 55.6 Å². The Morgan fingerprint density at radius 3 is 2.30 bits per heavy atom. The minimum absolute atomic E-state index is 0.0370. The lowest BCUT2D eigenvalue weighted by Gasteiger charge is -2.37. The van der Waals surface area contributed by atoms with Crippen molar-refractivity contribution in [2.75, 3.05) is 56.2 Å². The number of carbonyl (C=O) groups is 3. The van der Waals surface area contributed by atoms with E-state index >= 15 is 0 Å². The number of rotatable bonds is 9. The highest BCUT2D eigenvalue weighted by molar-refractivity contribution is 8.02. The molecule has 3 amide bonds. The molecule has 1 aromatic carbocycles. The van der Waals surface area contributed by atoms with Gasteiger partial charge in [-0.2, -0.15) is 0 Å². The van der Waals surface area contributed by atoms with Crippen molar-refractivity contribution >= 4 is 40.9 Å². The van der Waals surface area contributed by atoms with Crippen molar-refractivity contribution in [3.8, 4) is 0 Å². The van der Waals surface area contributed by atoms with Gasteiger partial charge in [0.1, 0.15) is 6.04 Å². The van der Waals surface area contributed by atoms with Crippen molar-refractivity contribution in [2.24, 2.45) is 11.8 Å². The molecule has 1 aromatic rings. The Balaban J connectivity index is 1.55. The monoisotopic (exact) mass is 566 g/mol. The van der Waals surface area contributed by atoms with E-state index in [4.69, 9.17) is 0 Å². The number of fused-ring (bicyclic) bond motifs is 2. The zero-order valence-electron chi connectivity index (χ0n) is 24.1. The average Bonchev–Trinajstić information content (AvgIpc) is 3.21. The predicted octanol–water partition coefficient (Wildman–Crippen LogP) is 3.31. The molecule has 0 aliphatic carbocycles. The second-order valence-corrected chi connectivity index (χ2v) is 13.3. The Labute approximate surface area is 242 Å². The van der Waals surface area contributed by atoms with Gasteiger partial charge in [0.15, 0.2) is 0 Å². The van der Waals surface area contributed by atoms with Gasteiger partial charge in [-0.1, -0.05) is 24.3 Å². The SMILES string of the molecule is CCN(CC)c1ccc(N2CC=C[C@]34S[C@@]5(C)C=CCN(C)C(=O)[C@H]5[C@H]3C(=O)N(CCCCCO)C4C2=O)cc1. The standard InChI is InChI=1S/C31H42N4O4S/c1-5-33(6-2)22-12-14-23(15-13-22)34-20-11-17-31-25(24-27(37)32(4)18-10-16-30(24,3)40-31)28(38)35(26(31)29(34)39)19-8-7-9-21-36/h10-17,24-26,36H,5-9,18-21H2,1-4H3/t24-,25+,26?,30+,31+/m1/s1. The summed E-state index contributed by atoms with van der Waals surface area (Å²) in [5, 5.41) is 9.29. The number of aliphatic hydroxyl groups excluding tert-OH is 1. The Morgan fingerprint density at radius 1 is 0.925 bits per heavy atom. The first-order chi connectivity index (χ1) is 19.2. The fraction of sp³-hybridized carbons (Fsp3) is 0.581. The molecule has 4 aliphatic rings. The van der Waals surface area contributed by atoms with E-state index in [9.17, 15) is 19.5 Å². The smallest absolute Gasteiger partial charge is 0.251 e. The summed E-state index contributed by atoms with van der Waals surface area (Å²) in [7, 11) is 1.79. The first-order valence-electron chi connectivity index (χ1n) is 14.6. The van der Waals surface area contributed by atoms with Gasteiger partial charge < -0.3 is 24.7 Å². The van der Waals surface area contributed by atoms with Crippen LogP contribution in [-0.4, -0.2) is 94.5 Å². The number of hydrogen-bond donors (Lipinski definition) is 1. The molecule has 0 aromatic heterocycles. The lowest BCUT2D eigenvalue weighted by atomic mass is 9.74. The van der Waals surface area contributed by atoms with Crippen LogP contribution in [0.25, 0.3) is 0 Å². The predicted molar refractivity (Wildman–Crippen MR) is 160 cm³/mol. The largest absolute Gasteiger partial charge is 0.396 e. The highest BCUT2D eigenvalue weighted by atomic mass is 32.2. The summed E-state index contributed by atoms with van der Waals surface area (Å²) in [5.41, 5.74) is 1.91. The van der Waals surface area contributed by atoms with Crippen LogP contribution in [0.5, 0.6) is 0 Å². The fourth-order valence-corrected chi connectivity index (χ4v) is 9.28. The number of likely N-dealkylation sites (N-methyl/N-ethyl adjacent to an activating group) is 1. The van der Waals surface area contributed by atoms with Gasteiger partial charge in [0.2, 0.25) is 11.8 Å². The number of aliphatic hydroxyl groups is 1. The molecule has 1 spiro atoms. The van der Waals surface area contributed by atoms with Gasteiger partial charge in [-0.3, -0.25) is 14.4 Å². The van der Waals surface area contributed by atoms with Crippen LogP contribution in [0, 0.1) is 11.8 Å². The second kappa shape index (κ2) is 11.2. The quantitative estimate of drug-likeness (QED) is 0.365. The van der Waals surface area contributed by atoms with Crippen LogP contribution in [0.2, 0.25) is 0 Å². The molecular weight excluding hydrogens is 524 g/mol. The minimum atomic E-state index is -0.835. The van der Waals surface area contributed by atoms with Crippen molar-refractivity contribution in [3.63, 3.8) is 0 Å². The van der Waals surface area contributed by atoms with Gasteiger partial charge in [-0.05, 0) is 64.3 Å². The molecule has 4 aliphatic heterocycles. The van der Waals surface area contributed by atoms with Gasteiger partial charge in [0.25, 0.3) is 5.91 Å². The molecule has 1 unspecified atom stereocenters. The number of nitrogens with zero attached hydrogens (tertiary/aromatic N) is 4. The summed E-state index contributed by atoms with van der Waals surface area (Å²) in [4.78, 5) is 50.1. The van der Waals surface area contributed by atoms with Crippen LogP contribution in [0.4, 0.5) is 11.4 Å². The highest BCUT2D eigenvalue weighted by Gasteiger charge is 2.73. The number of hydrogen-bond acceptors (Lipinski definition) is 6. The van der Waals surface area contributed by atoms with E-state index in [0.717, 1.165) is 30.9 Å². The molecular formula is C31H42N4O4S. The molecule has 0 radical (unpaired) electrons. The number of carbonyl (C=O) groups excluding carboxylic acids is 3. The van der Waals surface area contributed by atoms with Gasteiger partial charge in [-0.15, -0.1) is 11.8 Å². The number of anilines is 2. The number of likely N-dealkylation sites (tertiary alicyclic amines) is 1. The van der Waals surface area contributed by atoms with Crippen molar-refractivity contribution < 1.29 is 19.5 Å². The maximum Gasteiger partial charge on any atom is 0.251 e. The van der Waals surface area contributed by atoms with Crippen molar-refractivity contribution in [3.05, 3.63) is 48.6 Å². The molecule has 2 saturated heterocycles. The first kappa shape index (κ1) is 28.7. The van der Waals surface area contributed by atoms with Crippen molar-refractivity contribution in [1.29, 1.82) is 0 Å². The maximum absolute atomic E-state index is 14.6. The van der Waals surface area contributed by atoms with Gasteiger partial charge in [0.05, 0.1) is 16.6 Å². The molecule has 4 heterocycles. The highest BCUT2D eigenvalue weighted by Crippen LogP contribution is 2.65. The third kappa shape index (κ3) is 4.55. The fourth-order valence-electron chi connectivity index (χ4n) is 7.12. The third-order valence-corrected chi connectivity index (χ3v) is 10.9. The maximum atomic E-state index is 14.6. The average molecular weight is 567 g/mol. The summed E-state index contributed by atoms with van der Waals surface area (Å²) in [6.07, 6.45) is 10.3. The Morgan fingerprint density at radius 2 is 1.62 bits per heavy atom. The molecule has 8 nitrogen and oxygen atoms in total. The van der Waals surface area contributed by atoms with E-state index < -0.39 is 27.4 Å². The molecule has 2 fully saturated rings. The van der Waals surface area contributed by atoms with E-state index in [1.807, 2.05) is 31.2 Å². The molecule has 216 valence electrons. The Kier molecular flexibility index (Phi) is 8.08. The Hall–Kier alpha value is -2.78. The summed E-state index contributed by atoms with van der Waals surface area (Å²) in [5.74, 6) is -1.41. The van der Waals surface area contributed by atoms with Crippen LogP contribution in [0.3, 0.4) is 0 Å². The van der Waals surface area contributed by atoms with E-state index in [2.05, 4.69) is 43.0 Å². The zero-order valence-corrected chi connectivity index (χ0v) is 24.9. The first-order valence-corrected chi connectivity index (χ1v) is 15.4. The Bertz CT molecular complexity index is 1200. The molecule has 5 atom stereocenters. The summed E-state index contributed by atoms with van der Waals surface area (Å²) in [6.45, 7) is 9.56. The lowest BCUT2D eigenvalue weighted by molar-refractivity contribution is -0.143. The lowest BCUT2D eigenvalue weighted by Crippen LogP contribution is -2.53. The number of thioether (sulfide) groups is 1. The molecule has 40 heavy (non-hydrogen) atoms. The topological polar surface area (TPSA) is 84.4 Å². The number of amides is 3. The van der Waals surface area contributed by atoms with Crippen molar-refractivity contribution in [1.82, 2.24) is 9.80 Å². The minimum Gasteiger partial charge on any atom is -0.396 e. The number of benzene rings is 1. The molecule has 5 rings (SSSR count). The van der Waals surface area contributed by atoms with Gasteiger partial charge in [-0.25, -0.2) is 0 Å². The molecule has 0 saturated carbocycles. The van der Waals surface area contributed by atoms with Crippen LogP contribution in [0.1, 0.15) is 40.0 Å². The molecule has 0 bridgehead atoms. The summed E-state index contributed by atoms with van der Waals surface area (Å²) in [6, 6.07) is 7.38. The van der Waals surface area contributed by atoms with E-state index in [0.29, 0.717) is 32.5 Å². The van der Waals surface area contributed by atoms with E-state index in [1.165, 1.54) is 0 Å². The molecule has 9 heteroatoms. The van der Waals surface area contributed by atoms with Crippen LogP contribution >= 0.6 is 11.8 Å². The van der Waals surface area contributed by atoms with Crippen LogP contribution in [-0.2, 0) is 14.4 Å². The van der Waals surface area contributed by atoms with Gasteiger partial charge in [0, 0.05) is 62.5 Å². The number of unbranched alkanes of at least 4 members (excludes halogenated alkanes) is 2. The second-order valence-electron chi connectivity index (χ2n) is 11.5. The normalized spacial score (nSPS) is 31.3. The summed E-state index contributed by atoms with van der Waals surface area (Å²) >= 11 is 1.62. The summed E-state index contributed by atoms with van der Waals surface area (Å²) < 4.78 is -1.42. The van der Waals surface area contributed by atoms with Crippen LogP contribution < -0.4 is 9.80 Å². The van der Waals surface area contributed by atoms with Crippen LogP contribution in [0.15, 0.2) is 48.6 Å². The molecule has 1 N–H and O–H groups in total. The zero-order chi connectivity index (χ0) is 28.7.